The van der Waals surface area contributed by atoms with E-state index in [0.717, 1.165) is 23.1 Å². The Balaban J connectivity index is 2.03. The van der Waals surface area contributed by atoms with Crippen molar-refractivity contribution in [1.82, 2.24) is 10.0 Å². The summed E-state index contributed by atoms with van der Waals surface area (Å²) in [6, 6.07) is 12.7. The maximum Gasteiger partial charge on any atom is 0.511 e. The number of sulfone groups is 1. The third kappa shape index (κ3) is 9.56. The largest absolute Gasteiger partial charge is 0.511 e. The number of thiophene rings is 1. The summed E-state index contributed by atoms with van der Waals surface area (Å²) in [4.78, 5) is 25.0. The normalized spacial score (nSPS) is 12.4. The Bertz CT molecular complexity index is 1870. The predicted molar refractivity (Wildman–Crippen MR) is 175 cm³/mol. The van der Waals surface area contributed by atoms with Crippen molar-refractivity contribution >= 4 is 66.5 Å². The highest BCUT2D eigenvalue weighted by Crippen LogP contribution is 2.43. The molecule has 47 heavy (non-hydrogen) atoms. The Morgan fingerprint density at radius 2 is 1.64 bits per heavy atom. The van der Waals surface area contributed by atoms with Crippen molar-refractivity contribution in [1.29, 1.82) is 5.41 Å². The van der Waals surface area contributed by atoms with Crippen LogP contribution in [0.15, 0.2) is 62.5 Å². The predicted octanol–water partition coefficient (Wildman–Crippen LogP) is 6.29. The highest BCUT2D eigenvalue weighted by atomic mass is 32.2. The van der Waals surface area contributed by atoms with Gasteiger partial charge in [0, 0.05) is 18.5 Å². The summed E-state index contributed by atoms with van der Waals surface area (Å²) in [7, 11) is -10.0. The molecule has 0 aliphatic heterocycles. The molecular weight excluding hydrogens is 702 g/mol. The number of thioether (sulfide) groups is 1. The number of hydrogen-bond donors (Lipinski definition) is 4. The molecule has 0 fully saturated rings. The van der Waals surface area contributed by atoms with Crippen LogP contribution in [0, 0.1) is 12.3 Å². The lowest BCUT2D eigenvalue weighted by Gasteiger charge is -2.19. The van der Waals surface area contributed by atoms with Crippen molar-refractivity contribution in [3.63, 3.8) is 0 Å². The number of hydrogen-bond acceptors (Lipinski definition) is 10. The number of benzene rings is 2. The molecule has 11 nitrogen and oxygen atoms in total. The Hall–Kier alpha value is -3.45. The first-order valence-corrected chi connectivity index (χ1v) is 18.8. The first-order valence-electron chi connectivity index (χ1n) is 13.7. The van der Waals surface area contributed by atoms with E-state index in [0.29, 0.717) is 20.9 Å². The molecular formula is C29H33F3N4O7S4. The van der Waals surface area contributed by atoms with E-state index < -0.39 is 55.9 Å². The zero-order valence-electron chi connectivity index (χ0n) is 25.9. The smallest absolute Gasteiger partial charge is 0.444 e. The fourth-order valence-corrected chi connectivity index (χ4v) is 8.78. The van der Waals surface area contributed by atoms with E-state index in [4.69, 9.17) is 10.1 Å². The molecule has 1 heterocycles. The lowest BCUT2D eigenvalue weighted by atomic mass is 9.98. The molecule has 4 N–H and O–H groups in total. The van der Waals surface area contributed by atoms with Crippen molar-refractivity contribution in [2.24, 2.45) is 0 Å². The number of aryl methyl sites for hydroxylation is 1. The van der Waals surface area contributed by atoms with Crippen LogP contribution in [-0.4, -0.2) is 58.6 Å². The van der Waals surface area contributed by atoms with Crippen molar-refractivity contribution in [2.75, 3.05) is 18.1 Å². The fraction of sp³-hybridized carbons (Fsp3) is 0.345. The van der Waals surface area contributed by atoms with Crippen LogP contribution >= 0.6 is 23.1 Å². The third-order valence-corrected chi connectivity index (χ3v) is 11.7. The lowest BCUT2D eigenvalue weighted by molar-refractivity contribution is -0.116. The van der Waals surface area contributed by atoms with Crippen LogP contribution < -0.4 is 15.4 Å². The Morgan fingerprint density at radius 3 is 2.21 bits per heavy atom. The average Bonchev–Trinajstić information content (AvgIpc) is 3.40. The zero-order valence-corrected chi connectivity index (χ0v) is 29.1. The summed E-state index contributed by atoms with van der Waals surface area (Å²) in [5, 5.41) is 13.2. The topological polar surface area (TPSA) is 172 Å². The molecule has 18 heteroatoms. The summed E-state index contributed by atoms with van der Waals surface area (Å²) in [5.41, 5.74) is -4.89. The molecule has 1 aromatic heterocycles. The van der Waals surface area contributed by atoms with Gasteiger partial charge in [-0.25, -0.2) is 26.4 Å². The SMILES string of the molecule is CSc1sc(C(=N)NC(=O)OC(C)(C)C)cc1S(=O)(=O)c1ccc(C)c(-c2ccccc2)c1NC(=O)CCCNS(=O)(=O)C(F)(F)F. The van der Waals surface area contributed by atoms with Gasteiger partial charge in [-0.15, -0.1) is 23.1 Å². The van der Waals surface area contributed by atoms with Gasteiger partial charge in [-0.05, 0) is 63.6 Å². The molecule has 0 radical (unpaired) electrons. The van der Waals surface area contributed by atoms with Crippen LogP contribution in [0.3, 0.4) is 0 Å². The van der Waals surface area contributed by atoms with Crippen LogP contribution in [0.5, 0.6) is 0 Å². The monoisotopic (exact) mass is 734 g/mol. The summed E-state index contributed by atoms with van der Waals surface area (Å²) in [6.45, 7) is 5.97. The molecule has 0 unspecified atom stereocenters. The van der Waals surface area contributed by atoms with Gasteiger partial charge in [0.1, 0.15) is 11.4 Å². The van der Waals surface area contributed by atoms with E-state index in [9.17, 15) is 39.6 Å². The molecule has 0 atom stereocenters. The summed E-state index contributed by atoms with van der Waals surface area (Å²) < 4.78 is 95.9. The number of halogens is 3. The van der Waals surface area contributed by atoms with Crippen molar-refractivity contribution in [3.8, 4) is 11.1 Å². The van der Waals surface area contributed by atoms with Crippen LogP contribution in [0.2, 0.25) is 0 Å². The molecule has 0 aliphatic rings. The van der Waals surface area contributed by atoms with Gasteiger partial charge in [-0.3, -0.25) is 15.5 Å². The van der Waals surface area contributed by atoms with E-state index in [1.165, 1.54) is 16.9 Å². The van der Waals surface area contributed by atoms with E-state index >= 15 is 0 Å². The average molecular weight is 735 g/mol. The van der Waals surface area contributed by atoms with E-state index in [2.05, 4.69) is 10.6 Å². The van der Waals surface area contributed by atoms with Crippen LogP contribution in [0.1, 0.15) is 44.1 Å². The molecule has 0 spiro atoms. The lowest BCUT2D eigenvalue weighted by Crippen LogP contribution is -2.37. The first-order chi connectivity index (χ1) is 21.7. The Kier molecular flexibility index (Phi) is 11.9. The van der Waals surface area contributed by atoms with Gasteiger partial charge in [0.15, 0.2) is 0 Å². The molecule has 3 rings (SSSR count). The van der Waals surface area contributed by atoms with Gasteiger partial charge in [0.25, 0.3) is 0 Å². The zero-order chi connectivity index (χ0) is 35.4. The number of sulfonamides is 1. The number of nitrogens with one attached hydrogen (secondary N) is 4. The fourth-order valence-electron chi connectivity index (χ4n) is 4.15. The maximum absolute atomic E-state index is 14.3. The standard InChI is InChI=1S/C29H33F3N4O7S4/c1-17-13-14-20(46(39,40)21-16-19(45-26(21)44-5)25(33)36-27(38)43-28(2,3)4)24(23(17)18-10-7-6-8-11-18)35-22(37)12-9-15-34-47(41,42)29(30,31)32/h6-8,10-11,13-14,16,34H,9,12,15H2,1-5H3,(H,35,37)(H2,33,36,38). The molecule has 2 amide bonds. The maximum atomic E-state index is 14.3. The van der Waals surface area contributed by atoms with Gasteiger partial charge in [0.05, 0.1) is 24.6 Å². The van der Waals surface area contributed by atoms with Gasteiger partial charge < -0.3 is 10.1 Å². The number of carbonyl (C=O) groups excluding carboxylic acids is 2. The van der Waals surface area contributed by atoms with Crippen molar-refractivity contribution in [3.05, 3.63) is 59.0 Å². The van der Waals surface area contributed by atoms with Crippen LogP contribution in [0.25, 0.3) is 11.1 Å². The number of rotatable bonds is 11. The van der Waals surface area contributed by atoms with E-state index in [-0.39, 0.29) is 32.6 Å². The molecule has 0 saturated carbocycles. The second-order valence-corrected chi connectivity index (χ2v) is 16.7. The minimum atomic E-state index is -5.59. The number of ether oxygens (including phenoxy) is 1. The Morgan fingerprint density at radius 1 is 1.00 bits per heavy atom. The minimum Gasteiger partial charge on any atom is -0.444 e. The minimum absolute atomic E-state index is 0.0844. The second kappa shape index (κ2) is 14.8. The number of alkyl carbamates (subject to hydrolysis) is 1. The number of amidine groups is 1. The number of amides is 2. The van der Waals surface area contributed by atoms with Gasteiger partial charge in [0.2, 0.25) is 15.7 Å². The molecule has 0 bridgehead atoms. The van der Waals surface area contributed by atoms with Gasteiger partial charge in [-0.1, -0.05) is 36.4 Å². The van der Waals surface area contributed by atoms with Crippen LogP contribution in [0.4, 0.5) is 23.7 Å². The molecule has 0 saturated heterocycles. The summed E-state index contributed by atoms with van der Waals surface area (Å²) in [6.07, 6.45) is -0.00528. The van der Waals surface area contributed by atoms with E-state index in [1.807, 2.05) is 0 Å². The third-order valence-electron chi connectivity index (χ3n) is 6.18. The van der Waals surface area contributed by atoms with Crippen LogP contribution in [-0.2, 0) is 29.4 Å². The highest BCUT2D eigenvalue weighted by Gasteiger charge is 2.45. The van der Waals surface area contributed by atoms with E-state index in [1.54, 1.807) is 70.3 Å². The second-order valence-electron chi connectivity index (χ2n) is 11.0. The first kappa shape index (κ1) is 38.0. The highest BCUT2D eigenvalue weighted by molar-refractivity contribution is 8.01. The van der Waals surface area contributed by atoms with Crippen molar-refractivity contribution < 1.29 is 44.3 Å². The van der Waals surface area contributed by atoms with Crippen molar-refractivity contribution in [2.45, 2.75) is 65.6 Å². The molecule has 0 aliphatic carbocycles. The van der Waals surface area contributed by atoms with Gasteiger partial charge in [-0.2, -0.15) is 13.2 Å². The molecule has 2 aromatic carbocycles. The van der Waals surface area contributed by atoms with Gasteiger partial charge >= 0.3 is 21.6 Å². The number of anilines is 1. The summed E-state index contributed by atoms with van der Waals surface area (Å²) in [5.74, 6) is -1.15. The number of carbonyl (C=O) groups is 2. The summed E-state index contributed by atoms with van der Waals surface area (Å²) >= 11 is 2.06. The quantitative estimate of drug-likeness (QED) is 0.0771. The Labute approximate surface area is 279 Å². The number of alkyl halides is 3. The molecule has 256 valence electrons. The molecule has 3 aromatic rings.